The van der Waals surface area contributed by atoms with Crippen molar-refractivity contribution in [3.8, 4) is 5.75 Å². The first kappa shape index (κ1) is 28.0. The van der Waals surface area contributed by atoms with Crippen LogP contribution in [0.25, 0.3) is 0 Å². The van der Waals surface area contributed by atoms with E-state index >= 15 is 0 Å². The van der Waals surface area contributed by atoms with E-state index in [4.69, 9.17) is 21.1 Å². The van der Waals surface area contributed by atoms with Gasteiger partial charge in [-0.25, -0.2) is 4.39 Å². The molecule has 2 atom stereocenters. The molecule has 1 aliphatic rings. The molecule has 11 heteroatoms. The maximum atomic E-state index is 14.7. The molecule has 194 valence electrons. The molecule has 2 unspecified atom stereocenters. The monoisotopic (exact) mass is 542 g/mol. The molecule has 0 aromatic heterocycles. The Labute approximate surface area is 209 Å². The number of hydrogen-bond acceptors (Lipinski definition) is 4. The van der Waals surface area contributed by atoms with Crippen molar-refractivity contribution in [1.82, 2.24) is 0 Å². The number of halogens is 7. The Bertz CT molecular complexity index is 980. The third-order valence-electron chi connectivity index (χ3n) is 5.64. The van der Waals surface area contributed by atoms with Gasteiger partial charge >= 0.3 is 12.3 Å². The van der Waals surface area contributed by atoms with E-state index in [0.717, 1.165) is 36.6 Å². The topological polar surface area (TPSA) is 27.7 Å². The Hall–Kier alpha value is -1.62. The minimum atomic E-state index is -4.95. The van der Waals surface area contributed by atoms with Crippen LogP contribution in [0, 0.1) is 11.7 Å². The van der Waals surface area contributed by atoms with Crippen LogP contribution in [0.5, 0.6) is 5.75 Å². The van der Waals surface area contributed by atoms with Crippen molar-refractivity contribution < 1.29 is 40.6 Å². The van der Waals surface area contributed by atoms with Gasteiger partial charge in [-0.1, -0.05) is 17.7 Å². The zero-order valence-electron chi connectivity index (χ0n) is 18.8. The predicted octanol–water partition coefficient (Wildman–Crippen LogP) is 7.86. The van der Waals surface area contributed by atoms with Crippen molar-refractivity contribution in [3.05, 3.63) is 63.9 Å². The Morgan fingerprint density at radius 3 is 2.31 bits per heavy atom. The van der Waals surface area contributed by atoms with Crippen molar-refractivity contribution in [1.29, 1.82) is 0 Å². The fourth-order valence-corrected chi connectivity index (χ4v) is 5.53. The van der Waals surface area contributed by atoms with Gasteiger partial charge in [-0.2, -0.15) is 33.7 Å². The highest BCUT2D eigenvalue weighted by Gasteiger charge is 2.39. The van der Waals surface area contributed by atoms with E-state index in [1.54, 1.807) is 18.9 Å². The average Bonchev–Trinajstić information content (AvgIpc) is 2.78. The van der Waals surface area contributed by atoms with Gasteiger partial charge in [0.2, 0.25) is 0 Å². The molecule has 0 spiro atoms. The lowest BCUT2D eigenvalue weighted by Gasteiger charge is -2.29. The first-order valence-corrected chi connectivity index (χ1v) is 12.4. The van der Waals surface area contributed by atoms with Gasteiger partial charge < -0.3 is 14.2 Å². The van der Waals surface area contributed by atoms with Crippen molar-refractivity contribution in [2.75, 3.05) is 32.7 Å². The second-order valence-corrected chi connectivity index (χ2v) is 9.80. The Morgan fingerprint density at radius 2 is 1.71 bits per heavy atom. The van der Waals surface area contributed by atoms with Gasteiger partial charge in [-0.15, -0.1) is 0 Å². The van der Waals surface area contributed by atoms with E-state index in [1.165, 1.54) is 12.1 Å². The fourth-order valence-electron chi connectivity index (χ4n) is 3.75. The minimum Gasteiger partial charge on any atom is -0.429 e. The summed E-state index contributed by atoms with van der Waals surface area (Å²) in [5, 5.41) is -0.139. The molecule has 1 heterocycles. The lowest BCUT2D eigenvalue weighted by Crippen LogP contribution is -2.23. The first-order chi connectivity index (χ1) is 16.5. The molecule has 0 saturated carbocycles. The molecular weight excluding hydrogens is 518 g/mol. The van der Waals surface area contributed by atoms with Crippen LogP contribution in [0.2, 0.25) is 5.02 Å². The summed E-state index contributed by atoms with van der Waals surface area (Å²) in [6.45, 7) is 1.78. The molecule has 3 rings (SSSR count). The van der Waals surface area contributed by atoms with Gasteiger partial charge in [0.05, 0.1) is 29.4 Å². The predicted molar refractivity (Wildman–Crippen MR) is 123 cm³/mol. The molecule has 1 fully saturated rings. The Morgan fingerprint density at radius 1 is 0.971 bits per heavy atom. The number of alkyl halides is 5. The molecule has 1 saturated heterocycles. The summed E-state index contributed by atoms with van der Waals surface area (Å²) in [5.41, 5.74) is -1.42. The standard InChI is InChI=1S/C24H25ClF6O3S/c1-32-10-11-33-9-8-15-2-7-22(35-14-15)16-3-5-18(20(25)12-16)24(30,31)34-17-4-6-19(21(26)13-17)23(27,28)29/h3-6,12-13,15,22H,2,7-11,14H2,1H3. The van der Waals surface area contributed by atoms with E-state index < -0.39 is 35.0 Å². The lowest BCUT2D eigenvalue weighted by atomic mass is 9.97. The highest BCUT2D eigenvalue weighted by Crippen LogP contribution is 2.44. The highest BCUT2D eigenvalue weighted by atomic mass is 35.5. The fraction of sp³-hybridized carbons (Fsp3) is 0.500. The van der Waals surface area contributed by atoms with Gasteiger partial charge in [-0.05, 0) is 60.8 Å². The zero-order chi connectivity index (χ0) is 25.6. The smallest absolute Gasteiger partial charge is 0.428 e. The number of thioether (sulfide) groups is 1. The third kappa shape index (κ3) is 7.68. The summed E-state index contributed by atoms with van der Waals surface area (Å²) >= 11 is 7.87. The van der Waals surface area contributed by atoms with E-state index in [2.05, 4.69) is 4.74 Å². The molecule has 2 aromatic rings. The summed E-state index contributed by atoms with van der Waals surface area (Å²) in [6, 6.07) is 5.39. The molecule has 35 heavy (non-hydrogen) atoms. The number of methoxy groups -OCH3 is 1. The van der Waals surface area contributed by atoms with Crippen molar-refractivity contribution in [2.45, 2.75) is 36.8 Å². The quantitative estimate of drug-likeness (QED) is 0.226. The minimum absolute atomic E-state index is 0.103. The van der Waals surface area contributed by atoms with E-state index in [-0.39, 0.29) is 16.3 Å². The van der Waals surface area contributed by atoms with Crippen LogP contribution in [0.3, 0.4) is 0 Å². The van der Waals surface area contributed by atoms with Gasteiger partial charge in [0.15, 0.2) is 0 Å². The number of rotatable bonds is 10. The van der Waals surface area contributed by atoms with Crippen LogP contribution >= 0.6 is 23.4 Å². The van der Waals surface area contributed by atoms with Crippen molar-refractivity contribution >= 4 is 23.4 Å². The van der Waals surface area contributed by atoms with Crippen LogP contribution in [-0.4, -0.2) is 32.7 Å². The number of benzene rings is 2. The largest absolute Gasteiger partial charge is 0.429 e. The molecular formula is C24H25ClF6O3S. The summed E-state index contributed by atoms with van der Waals surface area (Å²) in [7, 11) is 1.62. The highest BCUT2D eigenvalue weighted by molar-refractivity contribution is 7.99. The van der Waals surface area contributed by atoms with Crippen LogP contribution in [0.4, 0.5) is 26.3 Å². The second kappa shape index (κ2) is 12.1. The SMILES string of the molecule is COCCOCCC1CCC(c2ccc(C(F)(F)Oc3ccc(C(F)(F)F)c(F)c3)c(Cl)c2)SC1. The van der Waals surface area contributed by atoms with Gasteiger partial charge in [0, 0.05) is 25.0 Å². The summed E-state index contributed by atoms with van der Waals surface area (Å²) in [5.74, 6) is -1.03. The summed E-state index contributed by atoms with van der Waals surface area (Å²) in [4.78, 5) is 0. The molecule has 0 bridgehead atoms. The van der Waals surface area contributed by atoms with Gasteiger partial charge in [0.1, 0.15) is 11.6 Å². The maximum Gasteiger partial charge on any atom is 0.428 e. The van der Waals surface area contributed by atoms with Crippen LogP contribution in [-0.2, 0) is 21.8 Å². The Kier molecular flexibility index (Phi) is 9.65. The first-order valence-electron chi connectivity index (χ1n) is 10.9. The van der Waals surface area contributed by atoms with Crippen LogP contribution in [0.15, 0.2) is 36.4 Å². The van der Waals surface area contributed by atoms with Crippen molar-refractivity contribution in [3.63, 3.8) is 0 Å². The molecule has 3 nitrogen and oxygen atoms in total. The van der Waals surface area contributed by atoms with Crippen LogP contribution < -0.4 is 4.74 Å². The van der Waals surface area contributed by atoms with E-state index in [0.29, 0.717) is 37.9 Å². The molecule has 0 amide bonds. The number of ether oxygens (including phenoxy) is 3. The van der Waals surface area contributed by atoms with E-state index in [9.17, 15) is 26.3 Å². The average molecular weight is 543 g/mol. The molecule has 0 radical (unpaired) electrons. The second-order valence-electron chi connectivity index (χ2n) is 8.16. The van der Waals surface area contributed by atoms with Gasteiger partial charge in [0.25, 0.3) is 0 Å². The molecule has 1 aliphatic heterocycles. The molecule has 0 aliphatic carbocycles. The van der Waals surface area contributed by atoms with E-state index in [1.807, 2.05) is 0 Å². The summed E-state index contributed by atoms with van der Waals surface area (Å²) < 4.78 is 96.2. The third-order valence-corrected chi connectivity index (χ3v) is 7.53. The van der Waals surface area contributed by atoms with Crippen LogP contribution in [0.1, 0.15) is 41.2 Å². The molecule has 0 N–H and O–H groups in total. The zero-order valence-corrected chi connectivity index (χ0v) is 20.4. The van der Waals surface area contributed by atoms with Crippen molar-refractivity contribution in [2.24, 2.45) is 5.92 Å². The lowest BCUT2D eigenvalue weighted by molar-refractivity contribution is -0.185. The normalized spacial score (nSPS) is 19.1. The Balaban J connectivity index is 1.60. The number of hydrogen-bond donors (Lipinski definition) is 0. The molecule has 2 aromatic carbocycles. The summed E-state index contributed by atoms with van der Waals surface area (Å²) in [6.07, 6.45) is -6.14. The van der Waals surface area contributed by atoms with Gasteiger partial charge in [-0.3, -0.25) is 0 Å². The maximum absolute atomic E-state index is 14.7.